The Morgan fingerprint density at radius 2 is 1.95 bits per heavy atom. The number of nitrogens with zero attached hydrogens (tertiary/aromatic N) is 1. The molecule has 4 heteroatoms. The smallest absolute Gasteiger partial charge is 0.178 e. The summed E-state index contributed by atoms with van der Waals surface area (Å²) in [7, 11) is 0. The van der Waals surface area contributed by atoms with Gasteiger partial charge in [-0.15, -0.1) is 0 Å². The van der Waals surface area contributed by atoms with Gasteiger partial charge >= 0.3 is 0 Å². The third-order valence-electron chi connectivity index (χ3n) is 3.84. The first kappa shape index (κ1) is 14.9. The van der Waals surface area contributed by atoms with Gasteiger partial charge in [-0.2, -0.15) is 0 Å². The van der Waals surface area contributed by atoms with Crippen LogP contribution in [0.3, 0.4) is 0 Å². The van der Waals surface area contributed by atoms with E-state index in [0.717, 1.165) is 23.0 Å². The molecule has 0 spiro atoms. The van der Waals surface area contributed by atoms with Crippen LogP contribution in [0.4, 0.5) is 11.4 Å². The number of thiocarbonyl (C=S) groups is 1. The molecule has 1 atom stereocenters. The summed E-state index contributed by atoms with van der Waals surface area (Å²) in [6.07, 6.45) is 1.03. The Hall–Kier alpha value is -2.07. The van der Waals surface area contributed by atoms with E-state index in [1.54, 1.807) is 0 Å². The Bertz CT molecular complexity index is 669. The normalized spacial score (nSPS) is 16.3. The highest BCUT2D eigenvalue weighted by Gasteiger charge is 2.28. The summed E-state index contributed by atoms with van der Waals surface area (Å²) in [5.41, 5.74) is 3.54. The van der Waals surface area contributed by atoms with Crippen LogP contribution >= 0.6 is 12.2 Å². The first-order valence-corrected chi connectivity index (χ1v) is 8.01. The SMILES string of the molecule is CCOc1ccc(NC(=S)N2c3ccccc3C[C@@H]2C)cc1. The van der Waals surface area contributed by atoms with E-state index < -0.39 is 0 Å². The molecule has 22 heavy (non-hydrogen) atoms. The first-order valence-electron chi connectivity index (χ1n) is 7.60. The lowest BCUT2D eigenvalue weighted by atomic mass is 10.1. The number of fused-ring (bicyclic) bond motifs is 1. The van der Waals surface area contributed by atoms with Crippen LogP contribution in [0.2, 0.25) is 0 Å². The van der Waals surface area contributed by atoms with Gasteiger partial charge in [0.05, 0.1) is 6.61 Å². The van der Waals surface area contributed by atoms with E-state index >= 15 is 0 Å². The maximum absolute atomic E-state index is 5.62. The summed E-state index contributed by atoms with van der Waals surface area (Å²) in [5.74, 6) is 0.874. The minimum atomic E-state index is 0.375. The summed E-state index contributed by atoms with van der Waals surface area (Å²) in [4.78, 5) is 2.20. The molecule has 0 unspecified atom stereocenters. The minimum absolute atomic E-state index is 0.375. The quantitative estimate of drug-likeness (QED) is 0.857. The number of nitrogens with one attached hydrogen (secondary N) is 1. The largest absolute Gasteiger partial charge is 0.494 e. The Morgan fingerprint density at radius 3 is 2.68 bits per heavy atom. The number of hydrogen-bond acceptors (Lipinski definition) is 2. The molecule has 1 aliphatic rings. The fraction of sp³-hybridized carbons (Fsp3) is 0.278. The number of hydrogen-bond donors (Lipinski definition) is 1. The van der Waals surface area contributed by atoms with Gasteiger partial charge in [0.1, 0.15) is 5.75 Å². The topological polar surface area (TPSA) is 24.5 Å². The van der Waals surface area contributed by atoms with E-state index in [-0.39, 0.29) is 0 Å². The van der Waals surface area contributed by atoms with Crippen LogP contribution in [0.1, 0.15) is 19.4 Å². The zero-order chi connectivity index (χ0) is 15.5. The lowest BCUT2D eigenvalue weighted by Crippen LogP contribution is -2.38. The number of anilines is 2. The van der Waals surface area contributed by atoms with Crippen LogP contribution in [-0.4, -0.2) is 17.8 Å². The third-order valence-corrected chi connectivity index (χ3v) is 4.14. The highest BCUT2D eigenvalue weighted by atomic mass is 32.1. The first-order chi connectivity index (χ1) is 10.7. The third kappa shape index (κ3) is 2.92. The number of benzene rings is 2. The molecule has 0 amide bonds. The predicted molar refractivity (Wildman–Crippen MR) is 95.9 cm³/mol. The molecule has 2 aromatic rings. The van der Waals surface area contributed by atoms with Crippen LogP contribution in [0.25, 0.3) is 0 Å². The lowest BCUT2D eigenvalue weighted by molar-refractivity contribution is 0.340. The highest BCUT2D eigenvalue weighted by Crippen LogP contribution is 2.32. The highest BCUT2D eigenvalue weighted by molar-refractivity contribution is 7.80. The van der Waals surface area contributed by atoms with Gasteiger partial charge in [-0.3, -0.25) is 0 Å². The van der Waals surface area contributed by atoms with Crippen molar-refractivity contribution in [3.8, 4) is 5.75 Å². The molecule has 3 rings (SSSR count). The zero-order valence-electron chi connectivity index (χ0n) is 12.9. The molecular weight excluding hydrogens is 292 g/mol. The van der Waals surface area contributed by atoms with Gasteiger partial charge in [-0.05, 0) is 68.4 Å². The number of para-hydroxylation sites is 1. The zero-order valence-corrected chi connectivity index (χ0v) is 13.7. The Kier molecular flexibility index (Phi) is 4.29. The van der Waals surface area contributed by atoms with Crippen LogP contribution in [0.15, 0.2) is 48.5 Å². The van der Waals surface area contributed by atoms with E-state index in [2.05, 4.69) is 41.4 Å². The molecule has 1 aliphatic heterocycles. The molecule has 0 bridgehead atoms. The van der Waals surface area contributed by atoms with Crippen molar-refractivity contribution >= 4 is 28.7 Å². The van der Waals surface area contributed by atoms with Crippen LogP contribution in [0.5, 0.6) is 5.75 Å². The van der Waals surface area contributed by atoms with Gasteiger partial charge in [0.2, 0.25) is 0 Å². The van der Waals surface area contributed by atoms with Crippen LogP contribution in [-0.2, 0) is 6.42 Å². The Balaban J connectivity index is 1.74. The summed E-state index contributed by atoms with van der Waals surface area (Å²) in [5, 5.41) is 4.06. The molecule has 0 aromatic heterocycles. The fourth-order valence-electron chi connectivity index (χ4n) is 2.86. The maximum atomic E-state index is 5.62. The van der Waals surface area contributed by atoms with Gasteiger partial charge < -0.3 is 15.0 Å². The van der Waals surface area contributed by atoms with Crippen molar-refractivity contribution in [2.45, 2.75) is 26.3 Å². The van der Waals surface area contributed by atoms with Gasteiger partial charge in [0, 0.05) is 17.4 Å². The van der Waals surface area contributed by atoms with Gasteiger partial charge in [0.25, 0.3) is 0 Å². The molecule has 0 saturated carbocycles. The van der Waals surface area contributed by atoms with Crippen molar-refractivity contribution in [3.63, 3.8) is 0 Å². The van der Waals surface area contributed by atoms with Gasteiger partial charge in [0.15, 0.2) is 5.11 Å². The van der Waals surface area contributed by atoms with Gasteiger partial charge in [-0.1, -0.05) is 18.2 Å². The van der Waals surface area contributed by atoms with Crippen LogP contribution in [0, 0.1) is 0 Å². The molecule has 0 saturated heterocycles. The number of ether oxygens (including phenoxy) is 1. The number of rotatable bonds is 3. The van der Waals surface area contributed by atoms with Crippen LogP contribution < -0.4 is 15.0 Å². The molecule has 3 nitrogen and oxygen atoms in total. The molecule has 1 N–H and O–H groups in total. The summed E-state index contributed by atoms with van der Waals surface area (Å²) in [6, 6.07) is 16.7. The Morgan fingerprint density at radius 1 is 1.23 bits per heavy atom. The monoisotopic (exact) mass is 312 g/mol. The second-order valence-corrected chi connectivity index (χ2v) is 5.83. The maximum Gasteiger partial charge on any atom is 0.178 e. The molecule has 2 aromatic carbocycles. The fourth-order valence-corrected chi connectivity index (χ4v) is 3.26. The average molecular weight is 312 g/mol. The second-order valence-electron chi connectivity index (χ2n) is 5.44. The van der Waals surface area contributed by atoms with E-state index in [0.29, 0.717) is 12.6 Å². The molecule has 0 radical (unpaired) electrons. The molecular formula is C18H20N2OS. The van der Waals surface area contributed by atoms with Crippen molar-refractivity contribution in [2.75, 3.05) is 16.8 Å². The van der Waals surface area contributed by atoms with Gasteiger partial charge in [-0.25, -0.2) is 0 Å². The summed E-state index contributed by atoms with van der Waals surface area (Å²) >= 11 is 5.62. The average Bonchev–Trinajstić information content (AvgIpc) is 2.85. The van der Waals surface area contributed by atoms with E-state index in [9.17, 15) is 0 Å². The van der Waals surface area contributed by atoms with E-state index in [4.69, 9.17) is 17.0 Å². The standard InChI is InChI=1S/C18H20N2OS/c1-3-21-16-10-8-15(9-11-16)19-18(22)20-13(2)12-14-6-4-5-7-17(14)20/h4-11,13H,3,12H2,1-2H3,(H,19,22)/t13-/m0/s1. The molecule has 1 heterocycles. The molecule has 0 aliphatic carbocycles. The second kappa shape index (κ2) is 6.36. The van der Waals surface area contributed by atoms with Crippen molar-refractivity contribution in [3.05, 3.63) is 54.1 Å². The Labute approximate surface area is 136 Å². The predicted octanol–water partition coefficient (Wildman–Crippen LogP) is 4.23. The van der Waals surface area contributed by atoms with Crippen molar-refractivity contribution in [1.29, 1.82) is 0 Å². The van der Waals surface area contributed by atoms with Crippen molar-refractivity contribution in [1.82, 2.24) is 0 Å². The molecule has 0 fully saturated rings. The van der Waals surface area contributed by atoms with E-state index in [1.807, 2.05) is 31.2 Å². The van der Waals surface area contributed by atoms with E-state index in [1.165, 1.54) is 11.3 Å². The van der Waals surface area contributed by atoms with Crippen molar-refractivity contribution < 1.29 is 4.74 Å². The molecule has 114 valence electrons. The van der Waals surface area contributed by atoms with Crippen molar-refractivity contribution in [2.24, 2.45) is 0 Å². The minimum Gasteiger partial charge on any atom is -0.494 e. The summed E-state index contributed by atoms with van der Waals surface area (Å²) in [6.45, 7) is 4.85. The summed E-state index contributed by atoms with van der Waals surface area (Å²) < 4.78 is 5.46. The lowest BCUT2D eigenvalue weighted by Gasteiger charge is -2.26.